The molecule has 0 bridgehead atoms. The summed E-state index contributed by atoms with van der Waals surface area (Å²) in [5, 5.41) is 0.800. The quantitative estimate of drug-likeness (QED) is 0.780. The molecule has 1 aliphatic rings. The van der Waals surface area contributed by atoms with Crippen LogP contribution >= 0.6 is 0 Å². The van der Waals surface area contributed by atoms with Gasteiger partial charge in [-0.15, -0.1) is 6.42 Å². The molecule has 0 spiro atoms. The molecule has 0 saturated heterocycles. The van der Waals surface area contributed by atoms with Gasteiger partial charge in [0.25, 0.3) is 5.56 Å². The molecule has 5 heteroatoms. The Morgan fingerprint density at radius 1 is 1.47 bits per heavy atom. The molecule has 0 atom stereocenters. The first-order valence-corrected chi connectivity index (χ1v) is 6.28. The number of anilines is 1. The predicted octanol–water partition coefficient (Wildman–Crippen LogP) is 1.39. The average Bonchev–Trinajstić information content (AvgIpc) is 2.30. The lowest BCUT2D eigenvalue weighted by molar-refractivity contribution is 0.313. The van der Waals surface area contributed by atoms with E-state index in [1.165, 1.54) is 0 Å². The van der Waals surface area contributed by atoms with Gasteiger partial charge >= 0.3 is 0 Å². The zero-order valence-electron chi connectivity index (χ0n) is 10.7. The van der Waals surface area contributed by atoms with Gasteiger partial charge in [-0.05, 0) is 32.3 Å². The summed E-state index contributed by atoms with van der Waals surface area (Å²) < 4.78 is 1.69. The van der Waals surface area contributed by atoms with Crippen molar-refractivity contribution in [3.05, 3.63) is 27.7 Å². The van der Waals surface area contributed by atoms with Gasteiger partial charge in [0.1, 0.15) is 5.65 Å². The number of nitrogen functional groups attached to an aromatic ring is 1. The van der Waals surface area contributed by atoms with Gasteiger partial charge in [0, 0.05) is 11.4 Å². The van der Waals surface area contributed by atoms with E-state index in [0.29, 0.717) is 11.2 Å². The molecule has 2 aromatic heterocycles. The Morgan fingerprint density at radius 3 is 2.79 bits per heavy atom. The first kappa shape index (κ1) is 11.7. The van der Waals surface area contributed by atoms with Crippen LogP contribution in [0.2, 0.25) is 0 Å². The molecule has 5 nitrogen and oxygen atoms in total. The maximum Gasteiger partial charge on any atom is 0.268 e. The van der Waals surface area contributed by atoms with Gasteiger partial charge in [-0.1, -0.05) is 5.92 Å². The molecule has 3 rings (SSSR count). The van der Waals surface area contributed by atoms with Crippen LogP contribution in [-0.4, -0.2) is 14.5 Å². The SMILES string of the molecule is C#Cc1cc2c(C)nc(N)nc2n(C2CCC2)c1=O. The molecule has 0 aliphatic heterocycles. The number of aromatic nitrogens is 3. The Bertz CT molecular complexity index is 766. The Kier molecular flexibility index (Phi) is 2.53. The van der Waals surface area contributed by atoms with Gasteiger partial charge in [0.05, 0.1) is 11.3 Å². The molecule has 2 heterocycles. The number of aryl methyl sites for hydroxylation is 1. The van der Waals surface area contributed by atoms with Crippen molar-refractivity contribution in [2.24, 2.45) is 0 Å². The van der Waals surface area contributed by atoms with Crippen LogP contribution in [0.1, 0.15) is 36.6 Å². The van der Waals surface area contributed by atoms with Crippen LogP contribution in [0.15, 0.2) is 10.9 Å². The molecule has 0 unspecified atom stereocenters. The molecule has 19 heavy (non-hydrogen) atoms. The molecule has 96 valence electrons. The fourth-order valence-corrected chi connectivity index (χ4v) is 2.46. The minimum Gasteiger partial charge on any atom is -0.368 e. The third-order valence-electron chi connectivity index (χ3n) is 3.69. The van der Waals surface area contributed by atoms with Crippen LogP contribution in [0, 0.1) is 19.3 Å². The van der Waals surface area contributed by atoms with Crippen molar-refractivity contribution < 1.29 is 0 Å². The highest BCUT2D eigenvalue weighted by Crippen LogP contribution is 2.32. The maximum absolute atomic E-state index is 12.4. The van der Waals surface area contributed by atoms with Crippen molar-refractivity contribution in [3.63, 3.8) is 0 Å². The van der Waals surface area contributed by atoms with Crippen molar-refractivity contribution >= 4 is 17.0 Å². The summed E-state index contributed by atoms with van der Waals surface area (Å²) in [6, 6.07) is 1.86. The first-order valence-electron chi connectivity index (χ1n) is 6.28. The van der Waals surface area contributed by atoms with Gasteiger partial charge in [0.2, 0.25) is 5.95 Å². The largest absolute Gasteiger partial charge is 0.368 e. The highest BCUT2D eigenvalue weighted by Gasteiger charge is 2.24. The van der Waals surface area contributed by atoms with Crippen LogP contribution < -0.4 is 11.3 Å². The van der Waals surface area contributed by atoms with Crippen molar-refractivity contribution in [2.45, 2.75) is 32.2 Å². The number of terminal acetylenes is 1. The van der Waals surface area contributed by atoms with Crippen LogP contribution in [0.25, 0.3) is 11.0 Å². The van der Waals surface area contributed by atoms with Crippen molar-refractivity contribution in [2.75, 3.05) is 5.73 Å². The van der Waals surface area contributed by atoms with E-state index < -0.39 is 0 Å². The zero-order chi connectivity index (χ0) is 13.6. The van der Waals surface area contributed by atoms with Crippen LogP contribution in [0.4, 0.5) is 5.95 Å². The van der Waals surface area contributed by atoms with Crippen LogP contribution in [0.3, 0.4) is 0 Å². The Labute approximate surface area is 110 Å². The second-order valence-electron chi connectivity index (χ2n) is 4.87. The van der Waals surface area contributed by atoms with E-state index in [9.17, 15) is 4.79 Å². The van der Waals surface area contributed by atoms with Crippen molar-refractivity contribution in [3.8, 4) is 12.3 Å². The number of fused-ring (bicyclic) bond motifs is 1. The van der Waals surface area contributed by atoms with Gasteiger partial charge in [0.15, 0.2) is 0 Å². The summed E-state index contributed by atoms with van der Waals surface area (Å²) in [4.78, 5) is 20.8. The van der Waals surface area contributed by atoms with Crippen LogP contribution in [0.5, 0.6) is 0 Å². The number of hydrogen-bond donors (Lipinski definition) is 1. The summed E-state index contributed by atoms with van der Waals surface area (Å²) in [5.41, 5.74) is 7.24. The fraction of sp³-hybridized carbons (Fsp3) is 0.357. The normalized spacial score (nSPS) is 15.2. The standard InChI is InChI=1S/C14H14N4O/c1-3-9-7-11-8(2)16-14(15)17-12(11)18(13(9)19)10-5-4-6-10/h1,7,10H,4-6H2,2H3,(H2,15,16,17). The molecular formula is C14H14N4O. The van der Waals surface area contributed by atoms with E-state index in [0.717, 1.165) is 30.3 Å². The van der Waals surface area contributed by atoms with E-state index in [2.05, 4.69) is 15.9 Å². The van der Waals surface area contributed by atoms with E-state index in [1.54, 1.807) is 10.6 Å². The Hall–Kier alpha value is -2.35. The van der Waals surface area contributed by atoms with Gasteiger partial charge in [-0.2, -0.15) is 4.98 Å². The summed E-state index contributed by atoms with van der Waals surface area (Å²) in [5.74, 6) is 2.64. The minimum absolute atomic E-state index is 0.155. The van der Waals surface area contributed by atoms with Crippen molar-refractivity contribution in [1.82, 2.24) is 14.5 Å². The maximum atomic E-state index is 12.4. The van der Waals surface area contributed by atoms with E-state index in [4.69, 9.17) is 12.2 Å². The highest BCUT2D eigenvalue weighted by molar-refractivity contribution is 5.80. The molecule has 1 aliphatic carbocycles. The summed E-state index contributed by atoms with van der Waals surface area (Å²) in [7, 11) is 0. The topological polar surface area (TPSA) is 73.8 Å². The molecule has 2 aromatic rings. The fourth-order valence-electron chi connectivity index (χ4n) is 2.46. The molecule has 2 N–H and O–H groups in total. The second kappa shape index (κ2) is 4.09. The lowest BCUT2D eigenvalue weighted by Crippen LogP contribution is -2.31. The molecule has 1 saturated carbocycles. The lowest BCUT2D eigenvalue weighted by atomic mass is 9.92. The molecular weight excluding hydrogens is 240 g/mol. The highest BCUT2D eigenvalue weighted by atomic mass is 16.1. The first-order chi connectivity index (χ1) is 9.11. The predicted molar refractivity (Wildman–Crippen MR) is 73.8 cm³/mol. The smallest absolute Gasteiger partial charge is 0.268 e. The molecule has 0 radical (unpaired) electrons. The summed E-state index contributed by atoms with van der Waals surface area (Å²) in [6.45, 7) is 1.84. The van der Waals surface area contributed by atoms with Gasteiger partial charge in [-0.25, -0.2) is 4.98 Å². The van der Waals surface area contributed by atoms with E-state index in [-0.39, 0.29) is 17.5 Å². The lowest BCUT2D eigenvalue weighted by Gasteiger charge is -2.28. The van der Waals surface area contributed by atoms with Gasteiger partial charge < -0.3 is 5.73 Å². The van der Waals surface area contributed by atoms with Crippen molar-refractivity contribution in [1.29, 1.82) is 0 Å². The zero-order valence-corrected chi connectivity index (χ0v) is 10.7. The number of nitrogens with two attached hydrogens (primary N) is 1. The monoisotopic (exact) mass is 254 g/mol. The van der Waals surface area contributed by atoms with Crippen LogP contribution in [-0.2, 0) is 0 Å². The third kappa shape index (κ3) is 1.68. The number of pyridine rings is 1. The second-order valence-corrected chi connectivity index (χ2v) is 4.87. The minimum atomic E-state index is -0.155. The van der Waals surface area contributed by atoms with Gasteiger partial charge in [-0.3, -0.25) is 9.36 Å². The number of rotatable bonds is 1. The third-order valence-corrected chi connectivity index (χ3v) is 3.69. The number of hydrogen-bond acceptors (Lipinski definition) is 4. The Balaban J connectivity index is 2.45. The van der Waals surface area contributed by atoms with E-state index >= 15 is 0 Å². The summed E-state index contributed by atoms with van der Waals surface area (Å²) >= 11 is 0. The molecule has 0 amide bonds. The Morgan fingerprint density at radius 2 is 2.21 bits per heavy atom. The molecule has 1 fully saturated rings. The average molecular weight is 254 g/mol. The van der Waals surface area contributed by atoms with E-state index in [1.807, 2.05) is 6.92 Å². The number of nitrogens with zero attached hydrogens (tertiary/aromatic N) is 3. The molecule has 0 aromatic carbocycles. The summed E-state index contributed by atoms with van der Waals surface area (Å²) in [6.07, 6.45) is 8.50.